The summed E-state index contributed by atoms with van der Waals surface area (Å²) in [6.07, 6.45) is 0.743. The van der Waals surface area contributed by atoms with Crippen molar-refractivity contribution in [2.75, 3.05) is 26.3 Å². The molecule has 0 aliphatic carbocycles. The third-order valence-corrected chi connectivity index (χ3v) is 7.28. The average Bonchev–Trinajstić information content (AvgIpc) is 3.08. The van der Waals surface area contributed by atoms with E-state index < -0.39 is 14.9 Å². The van der Waals surface area contributed by atoms with E-state index in [1.165, 1.54) is 15.1 Å². The lowest BCUT2D eigenvalue weighted by molar-refractivity contribution is -0.385. The number of hydrogen-bond acceptors (Lipinski definition) is 8. The van der Waals surface area contributed by atoms with E-state index in [0.29, 0.717) is 5.56 Å². The molecule has 0 radical (unpaired) electrons. The minimum atomic E-state index is -4.11. The second-order valence-corrected chi connectivity index (χ2v) is 9.60. The summed E-state index contributed by atoms with van der Waals surface area (Å²) in [6, 6.07) is 3.32. The number of benzene rings is 1. The first-order valence-electron chi connectivity index (χ1n) is 10.4. The van der Waals surface area contributed by atoms with Crippen LogP contribution in [0.2, 0.25) is 0 Å². The Hall–Kier alpha value is -3.03. The molecule has 1 atom stereocenters. The monoisotopic (exact) mass is 481 g/mol. The molecule has 1 fully saturated rings. The number of carbonyl (C=O) groups is 1. The zero-order valence-corrected chi connectivity index (χ0v) is 19.7. The number of nitro groups is 1. The normalized spacial score (nSPS) is 15.8. The fourth-order valence-corrected chi connectivity index (χ4v) is 4.83. The van der Waals surface area contributed by atoms with Crippen LogP contribution < -0.4 is 10.1 Å². The topological polar surface area (TPSA) is 146 Å². The molecule has 0 bridgehead atoms. The van der Waals surface area contributed by atoms with Crippen molar-refractivity contribution in [2.45, 2.75) is 38.1 Å². The van der Waals surface area contributed by atoms with Gasteiger partial charge in [0.25, 0.3) is 11.6 Å². The van der Waals surface area contributed by atoms with Gasteiger partial charge in [0.05, 0.1) is 18.1 Å². The van der Waals surface area contributed by atoms with Gasteiger partial charge < -0.3 is 14.8 Å². The van der Waals surface area contributed by atoms with Gasteiger partial charge in [-0.1, -0.05) is 6.92 Å². The second-order valence-electron chi connectivity index (χ2n) is 7.69. The van der Waals surface area contributed by atoms with Crippen LogP contribution in [0.25, 0.3) is 0 Å². The Labute approximate surface area is 191 Å². The van der Waals surface area contributed by atoms with E-state index in [9.17, 15) is 23.3 Å². The molecule has 1 aliphatic heterocycles. The van der Waals surface area contributed by atoms with Crippen LogP contribution in [0.15, 0.2) is 23.1 Å². The zero-order valence-electron chi connectivity index (χ0n) is 18.9. The first-order valence-corrected chi connectivity index (χ1v) is 11.9. The molecular formula is C20H27N5O7S. The number of nitrogens with one attached hydrogen (secondary N) is 1. The predicted molar refractivity (Wildman–Crippen MR) is 118 cm³/mol. The molecule has 1 aliphatic rings. The van der Waals surface area contributed by atoms with Crippen LogP contribution in [0.4, 0.5) is 5.69 Å². The molecule has 13 heteroatoms. The van der Waals surface area contributed by atoms with Crippen molar-refractivity contribution in [1.82, 2.24) is 19.4 Å². The first-order chi connectivity index (χ1) is 15.6. The van der Waals surface area contributed by atoms with Crippen molar-refractivity contribution in [3.8, 4) is 11.6 Å². The maximum atomic E-state index is 13.3. The van der Waals surface area contributed by atoms with Crippen LogP contribution in [0.1, 0.15) is 36.3 Å². The fourth-order valence-electron chi connectivity index (χ4n) is 3.29. The molecule has 2 aromatic rings. The number of nitro benzene ring substituents is 1. The molecule has 0 saturated carbocycles. The molecule has 33 heavy (non-hydrogen) atoms. The summed E-state index contributed by atoms with van der Waals surface area (Å²) in [7, 11) is -2.55. The van der Waals surface area contributed by atoms with Crippen molar-refractivity contribution >= 4 is 21.6 Å². The average molecular weight is 482 g/mol. The second kappa shape index (κ2) is 9.85. The number of hydrogen-bond donors (Lipinski definition) is 1. The number of aryl methyl sites for hydroxylation is 1. The van der Waals surface area contributed by atoms with E-state index >= 15 is 0 Å². The standard InChI is InChI=1S/C20H27N5O7S/c1-5-13(2)21-19(26)18-14(3)20(23(4)22-18)32-16-7-6-15(25(27)28)12-17(16)33(29,30)24-8-10-31-11-9-24/h6-7,12-13H,5,8-11H2,1-4H3,(H,21,26)/t13-/m1/s1. The van der Waals surface area contributed by atoms with Gasteiger partial charge in [-0.05, 0) is 26.3 Å². The maximum absolute atomic E-state index is 13.3. The van der Waals surface area contributed by atoms with E-state index in [4.69, 9.17) is 9.47 Å². The molecule has 1 aromatic heterocycles. The summed E-state index contributed by atoms with van der Waals surface area (Å²) in [5.74, 6) is -0.333. The predicted octanol–water partition coefficient (Wildman–Crippen LogP) is 1.98. The number of ether oxygens (including phenoxy) is 2. The van der Waals surface area contributed by atoms with Gasteiger partial charge in [0.2, 0.25) is 15.9 Å². The molecule has 1 amide bonds. The minimum absolute atomic E-state index is 0.0526. The molecule has 2 heterocycles. The number of sulfonamides is 1. The van der Waals surface area contributed by atoms with Gasteiger partial charge in [-0.2, -0.15) is 9.40 Å². The van der Waals surface area contributed by atoms with Gasteiger partial charge in [-0.3, -0.25) is 14.9 Å². The highest BCUT2D eigenvalue weighted by atomic mass is 32.2. The largest absolute Gasteiger partial charge is 0.438 e. The molecule has 12 nitrogen and oxygen atoms in total. The SMILES string of the molecule is CC[C@@H](C)NC(=O)c1nn(C)c(Oc2ccc([N+](=O)[O-])cc2S(=O)(=O)N2CCOCC2)c1C. The van der Waals surface area contributed by atoms with Crippen LogP contribution in [0.3, 0.4) is 0 Å². The third-order valence-electron chi connectivity index (χ3n) is 5.36. The maximum Gasteiger partial charge on any atom is 0.272 e. The van der Waals surface area contributed by atoms with Gasteiger partial charge in [-0.15, -0.1) is 0 Å². The van der Waals surface area contributed by atoms with Crippen molar-refractivity contribution < 1.29 is 27.6 Å². The zero-order chi connectivity index (χ0) is 24.3. The molecular weight excluding hydrogens is 454 g/mol. The Morgan fingerprint density at radius 1 is 1.36 bits per heavy atom. The summed E-state index contributed by atoms with van der Waals surface area (Å²) in [5.41, 5.74) is 0.170. The van der Waals surface area contributed by atoms with Crippen molar-refractivity contribution in [3.63, 3.8) is 0 Å². The summed E-state index contributed by atoms with van der Waals surface area (Å²) < 4.78 is 40.2. The fraction of sp³-hybridized carbons (Fsp3) is 0.500. The number of morpholine rings is 1. The van der Waals surface area contributed by atoms with Gasteiger partial charge in [0.1, 0.15) is 10.6 Å². The van der Waals surface area contributed by atoms with E-state index in [2.05, 4.69) is 10.4 Å². The van der Waals surface area contributed by atoms with E-state index in [0.717, 1.165) is 18.6 Å². The van der Waals surface area contributed by atoms with Gasteiger partial charge in [-0.25, -0.2) is 13.1 Å². The van der Waals surface area contributed by atoms with Gasteiger partial charge >= 0.3 is 0 Å². The Morgan fingerprint density at radius 2 is 2.03 bits per heavy atom. The lowest BCUT2D eigenvalue weighted by Crippen LogP contribution is -2.40. The number of nitrogens with zero attached hydrogens (tertiary/aromatic N) is 4. The van der Waals surface area contributed by atoms with Crippen LogP contribution >= 0.6 is 0 Å². The summed E-state index contributed by atoms with van der Waals surface area (Å²) in [4.78, 5) is 22.9. The Bertz CT molecular complexity index is 1160. The number of rotatable bonds is 8. The van der Waals surface area contributed by atoms with Crippen molar-refractivity contribution in [2.24, 2.45) is 7.05 Å². The number of amides is 1. The quantitative estimate of drug-likeness (QED) is 0.445. The molecule has 0 unspecified atom stereocenters. The number of carbonyl (C=O) groups excluding carboxylic acids is 1. The van der Waals surface area contributed by atoms with Crippen LogP contribution in [0, 0.1) is 17.0 Å². The van der Waals surface area contributed by atoms with Crippen LogP contribution in [0.5, 0.6) is 11.6 Å². The number of aromatic nitrogens is 2. The molecule has 1 aromatic carbocycles. The van der Waals surface area contributed by atoms with E-state index in [1.807, 2.05) is 13.8 Å². The van der Waals surface area contributed by atoms with Crippen molar-refractivity contribution in [1.29, 1.82) is 0 Å². The third kappa shape index (κ3) is 5.15. The molecule has 1 N–H and O–H groups in total. The Morgan fingerprint density at radius 3 is 2.64 bits per heavy atom. The lowest BCUT2D eigenvalue weighted by atomic mass is 10.2. The summed E-state index contributed by atoms with van der Waals surface area (Å²) >= 11 is 0. The van der Waals surface area contributed by atoms with Crippen LogP contribution in [-0.4, -0.2) is 65.7 Å². The smallest absolute Gasteiger partial charge is 0.272 e. The number of non-ortho nitro benzene ring substituents is 1. The minimum Gasteiger partial charge on any atom is -0.438 e. The highest BCUT2D eigenvalue weighted by Crippen LogP contribution is 2.35. The van der Waals surface area contributed by atoms with E-state index in [1.54, 1.807) is 14.0 Å². The highest BCUT2D eigenvalue weighted by molar-refractivity contribution is 7.89. The van der Waals surface area contributed by atoms with Gasteiger partial charge in [0, 0.05) is 43.9 Å². The highest BCUT2D eigenvalue weighted by Gasteiger charge is 2.32. The molecule has 180 valence electrons. The summed E-state index contributed by atoms with van der Waals surface area (Å²) in [5, 5.41) is 18.3. The molecule has 1 saturated heterocycles. The lowest BCUT2D eigenvalue weighted by Gasteiger charge is -2.26. The molecule has 0 spiro atoms. The van der Waals surface area contributed by atoms with Gasteiger partial charge in [0.15, 0.2) is 5.69 Å². The van der Waals surface area contributed by atoms with Crippen molar-refractivity contribution in [3.05, 3.63) is 39.6 Å². The molecule has 3 rings (SSSR count). The van der Waals surface area contributed by atoms with Crippen LogP contribution in [-0.2, 0) is 21.8 Å². The Kier molecular flexibility index (Phi) is 7.34. The van der Waals surface area contributed by atoms with E-state index in [-0.39, 0.29) is 66.2 Å². The Balaban J connectivity index is 2.02. The first kappa shape index (κ1) is 24.6. The summed E-state index contributed by atoms with van der Waals surface area (Å²) in [6.45, 7) is 6.13.